The van der Waals surface area contributed by atoms with Crippen LogP contribution in [0.25, 0.3) is 0 Å². The van der Waals surface area contributed by atoms with Crippen molar-refractivity contribution in [1.82, 2.24) is 5.32 Å². The van der Waals surface area contributed by atoms with E-state index in [0.717, 1.165) is 12.8 Å². The van der Waals surface area contributed by atoms with Gasteiger partial charge in [-0.25, -0.2) is 13.2 Å². The third-order valence-electron chi connectivity index (χ3n) is 3.32. The highest BCUT2D eigenvalue weighted by Crippen LogP contribution is 2.33. The van der Waals surface area contributed by atoms with Crippen molar-refractivity contribution in [3.05, 3.63) is 0 Å². The standard InChI is InChI=1S/C11H17NO5S2/c13-9(12-10(11(14)15)7-1-2-7)5-18-8-3-4-19(16,17)6-8/h7-8,10H,1-6H2,(H,12,13)(H,14,15). The first-order valence-corrected chi connectivity index (χ1v) is 9.08. The number of carbonyl (C=O) groups is 2. The summed E-state index contributed by atoms with van der Waals surface area (Å²) in [6, 6.07) is -0.791. The molecular weight excluding hydrogens is 290 g/mol. The molecule has 2 rings (SSSR count). The first kappa shape index (κ1) is 14.6. The lowest BCUT2D eigenvalue weighted by atomic mass is 10.2. The van der Waals surface area contributed by atoms with E-state index in [0.29, 0.717) is 6.42 Å². The molecule has 2 fully saturated rings. The van der Waals surface area contributed by atoms with Crippen molar-refractivity contribution in [2.24, 2.45) is 5.92 Å². The average Bonchev–Trinajstić information content (AvgIpc) is 3.08. The number of aliphatic carboxylic acids is 1. The molecule has 1 amide bonds. The molecule has 19 heavy (non-hydrogen) atoms. The summed E-state index contributed by atoms with van der Waals surface area (Å²) in [6.07, 6.45) is 2.25. The zero-order chi connectivity index (χ0) is 14.0. The summed E-state index contributed by atoms with van der Waals surface area (Å²) in [7, 11) is -2.93. The summed E-state index contributed by atoms with van der Waals surface area (Å²) in [5.74, 6) is -0.838. The highest BCUT2D eigenvalue weighted by atomic mass is 32.2. The SMILES string of the molecule is O=C(CSC1CCS(=O)(=O)C1)NC(C(=O)O)C1CC1. The van der Waals surface area contributed by atoms with Crippen molar-refractivity contribution < 1.29 is 23.1 Å². The minimum atomic E-state index is -2.93. The van der Waals surface area contributed by atoms with Crippen LogP contribution in [0.1, 0.15) is 19.3 Å². The van der Waals surface area contributed by atoms with Gasteiger partial charge in [-0.05, 0) is 25.2 Å². The first-order chi connectivity index (χ1) is 8.87. The molecule has 1 aliphatic carbocycles. The Hall–Kier alpha value is -0.760. The summed E-state index contributed by atoms with van der Waals surface area (Å²) < 4.78 is 22.5. The zero-order valence-electron chi connectivity index (χ0n) is 10.4. The molecule has 0 aromatic heterocycles. The second kappa shape index (κ2) is 5.70. The summed E-state index contributed by atoms with van der Waals surface area (Å²) in [4.78, 5) is 22.6. The van der Waals surface area contributed by atoms with Gasteiger partial charge in [-0.15, -0.1) is 11.8 Å². The van der Waals surface area contributed by atoms with Gasteiger partial charge >= 0.3 is 5.97 Å². The largest absolute Gasteiger partial charge is 0.480 e. The Morgan fingerprint density at radius 1 is 1.32 bits per heavy atom. The van der Waals surface area contributed by atoms with Gasteiger partial charge in [0, 0.05) is 5.25 Å². The predicted molar refractivity (Wildman–Crippen MR) is 71.8 cm³/mol. The van der Waals surface area contributed by atoms with Gasteiger partial charge in [-0.3, -0.25) is 4.79 Å². The van der Waals surface area contributed by atoms with Gasteiger partial charge in [-0.2, -0.15) is 0 Å². The monoisotopic (exact) mass is 307 g/mol. The van der Waals surface area contributed by atoms with Gasteiger partial charge in [0.2, 0.25) is 5.91 Å². The zero-order valence-corrected chi connectivity index (χ0v) is 12.0. The molecule has 0 aromatic carbocycles. The quantitative estimate of drug-likeness (QED) is 0.710. The molecule has 1 heterocycles. The van der Waals surface area contributed by atoms with E-state index in [2.05, 4.69) is 5.32 Å². The molecule has 1 saturated heterocycles. The highest BCUT2D eigenvalue weighted by Gasteiger charge is 2.37. The molecule has 6 nitrogen and oxygen atoms in total. The smallest absolute Gasteiger partial charge is 0.326 e. The van der Waals surface area contributed by atoms with Crippen LogP contribution in [0.2, 0.25) is 0 Å². The number of nitrogens with one attached hydrogen (secondary N) is 1. The molecule has 1 saturated carbocycles. The van der Waals surface area contributed by atoms with E-state index in [4.69, 9.17) is 5.11 Å². The van der Waals surface area contributed by atoms with Crippen LogP contribution in [0, 0.1) is 5.92 Å². The van der Waals surface area contributed by atoms with Crippen LogP contribution in [0.5, 0.6) is 0 Å². The molecule has 2 unspecified atom stereocenters. The van der Waals surface area contributed by atoms with Crippen LogP contribution in [0.15, 0.2) is 0 Å². The summed E-state index contributed by atoms with van der Waals surface area (Å²) in [6.45, 7) is 0. The third-order valence-corrected chi connectivity index (χ3v) is 6.60. The molecule has 0 spiro atoms. The van der Waals surface area contributed by atoms with Crippen molar-refractivity contribution in [3.8, 4) is 0 Å². The number of thioether (sulfide) groups is 1. The lowest BCUT2D eigenvalue weighted by Gasteiger charge is -2.14. The Kier molecular flexibility index (Phi) is 4.39. The summed E-state index contributed by atoms with van der Waals surface area (Å²) in [5, 5.41) is 11.5. The molecular formula is C11H17NO5S2. The molecule has 8 heteroatoms. The Morgan fingerprint density at radius 3 is 2.47 bits per heavy atom. The van der Waals surface area contributed by atoms with Crippen LogP contribution < -0.4 is 5.32 Å². The van der Waals surface area contributed by atoms with Gasteiger partial charge in [0.15, 0.2) is 9.84 Å². The number of hydrogen-bond donors (Lipinski definition) is 2. The average molecular weight is 307 g/mol. The van der Waals surface area contributed by atoms with Crippen molar-refractivity contribution in [1.29, 1.82) is 0 Å². The summed E-state index contributed by atoms with van der Waals surface area (Å²) in [5.41, 5.74) is 0. The number of hydrogen-bond acceptors (Lipinski definition) is 5. The van der Waals surface area contributed by atoms with E-state index in [1.807, 2.05) is 0 Å². The fourth-order valence-electron chi connectivity index (χ4n) is 2.11. The fourth-order valence-corrected chi connectivity index (χ4v) is 5.57. The Balaban J connectivity index is 1.74. The van der Waals surface area contributed by atoms with Crippen molar-refractivity contribution in [3.63, 3.8) is 0 Å². The maximum atomic E-state index is 11.7. The van der Waals surface area contributed by atoms with Crippen LogP contribution in [0.4, 0.5) is 0 Å². The first-order valence-electron chi connectivity index (χ1n) is 6.21. The van der Waals surface area contributed by atoms with Gasteiger partial charge in [0.05, 0.1) is 17.3 Å². The lowest BCUT2D eigenvalue weighted by Crippen LogP contribution is -2.43. The maximum absolute atomic E-state index is 11.7. The van der Waals surface area contributed by atoms with E-state index in [1.54, 1.807) is 0 Å². The molecule has 0 bridgehead atoms. The van der Waals surface area contributed by atoms with E-state index < -0.39 is 21.8 Å². The van der Waals surface area contributed by atoms with Crippen LogP contribution >= 0.6 is 11.8 Å². The number of carbonyl (C=O) groups excluding carboxylic acids is 1. The van der Waals surface area contributed by atoms with E-state index in [-0.39, 0.29) is 34.3 Å². The molecule has 108 valence electrons. The van der Waals surface area contributed by atoms with Gasteiger partial charge in [0.25, 0.3) is 0 Å². The molecule has 2 N–H and O–H groups in total. The molecule has 0 radical (unpaired) electrons. The minimum Gasteiger partial charge on any atom is -0.480 e. The normalized spacial score (nSPS) is 26.8. The second-order valence-electron chi connectivity index (χ2n) is 5.06. The number of sulfone groups is 1. The van der Waals surface area contributed by atoms with Crippen LogP contribution in [0.3, 0.4) is 0 Å². The Bertz CT molecular complexity index is 471. The molecule has 0 aromatic rings. The van der Waals surface area contributed by atoms with Crippen molar-refractivity contribution in [2.75, 3.05) is 17.3 Å². The predicted octanol–water partition coefficient (Wildman–Crippen LogP) is -0.114. The van der Waals surface area contributed by atoms with E-state index in [9.17, 15) is 18.0 Å². The molecule has 2 atom stereocenters. The van der Waals surface area contributed by atoms with E-state index in [1.165, 1.54) is 11.8 Å². The van der Waals surface area contributed by atoms with E-state index >= 15 is 0 Å². The van der Waals surface area contributed by atoms with Crippen molar-refractivity contribution in [2.45, 2.75) is 30.6 Å². The number of amides is 1. The fraction of sp³-hybridized carbons (Fsp3) is 0.818. The van der Waals surface area contributed by atoms with Crippen LogP contribution in [-0.2, 0) is 19.4 Å². The number of carboxylic acid groups (broad SMARTS) is 1. The van der Waals surface area contributed by atoms with Gasteiger partial charge < -0.3 is 10.4 Å². The number of rotatable bonds is 6. The second-order valence-corrected chi connectivity index (χ2v) is 8.57. The summed E-state index contributed by atoms with van der Waals surface area (Å²) >= 11 is 1.30. The highest BCUT2D eigenvalue weighted by molar-refractivity contribution is 8.02. The molecule has 2 aliphatic rings. The topological polar surface area (TPSA) is 101 Å². The molecule has 1 aliphatic heterocycles. The van der Waals surface area contributed by atoms with Crippen LogP contribution in [-0.4, -0.2) is 54.0 Å². The lowest BCUT2D eigenvalue weighted by molar-refractivity contribution is -0.142. The van der Waals surface area contributed by atoms with Gasteiger partial charge in [0.1, 0.15) is 6.04 Å². The number of carboxylic acids is 1. The Labute approximate surface area is 116 Å². The van der Waals surface area contributed by atoms with Gasteiger partial charge in [-0.1, -0.05) is 0 Å². The third kappa shape index (κ3) is 4.38. The van der Waals surface area contributed by atoms with Crippen molar-refractivity contribution >= 4 is 33.5 Å². The maximum Gasteiger partial charge on any atom is 0.326 e. The minimum absolute atomic E-state index is 0.0417. The Morgan fingerprint density at radius 2 is 2.00 bits per heavy atom.